The molecule has 0 aliphatic carbocycles. The molecule has 108 valence electrons. The van der Waals surface area contributed by atoms with Crippen molar-refractivity contribution in [3.05, 3.63) is 0 Å². The lowest BCUT2D eigenvalue weighted by atomic mass is 9.88. The lowest BCUT2D eigenvalue weighted by Crippen LogP contribution is -2.60. The summed E-state index contributed by atoms with van der Waals surface area (Å²) in [6, 6.07) is 0.400. The fourth-order valence-electron chi connectivity index (χ4n) is 2.87. The molecule has 0 bridgehead atoms. The van der Waals surface area contributed by atoms with Gasteiger partial charge in [0.15, 0.2) is 0 Å². The minimum absolute atomic E-state index is 0.121. The van der Waals surface area contributed by atoms with Crippen molar-refractivity contribution in [3.63, 3.8) is 0 Å². The number of rotatable bonds is 5. The Morgan fingerprint density at radius 2 is 1.67 bits per heavy atom. The van der Waals surface area contributed by atoms with Gasteiger partial charge < -0.3 is 5.73 Å². The van der Waals surface area contributed by atoms with E-state index in [1.807, 2.05) is 0 Å². The zero-order chi connectivity index (χ0) is 14.0. The molecule has 1 fully saturated rings. The van der Waals surface area contributed by atoms with E-state index in [1.165, 1.54) is 0 Å². The highest BCUT2D eigenvalue weighted by Crippen LogP contribution is 2.31. The second-order valence-electron chi connectivity index (χ2n) is 6.22. The van der Waals surface area contributed by atoms with E-state index in [4.69, 9.17) is 5.73 Å². The van der Waals surface area contributed by atoms with E-state index >= 15 is 0 Å². The van der Waals surface area contributed by atoms with E-state index in [2.05, 4.69) is 32.6 Å². The minimum Gasteiger partial charge on any atom is -0.329 e. The van der Waals surface area contributed by atoms with Crippen LogP contribution in [0.15, 0.2) is 0 Å². The molecule has 1 heterocycles. The summed E-state index contributed by atoms with van der Waals surface area (Å²) in [7, 11) is -2.83. The Labute approximate surface area is 112 Å². The van der Waals surface area contributed by atoms with E-state index in [1.54, 1.807) is 0 Å². The Hall–Kier alpha value is -0.130. The molecule has 1 rings (SSSR count). The Bertz CT molecular complexity index is 349. The molecule has 5 heteroatoms. The molecule has 1 aliphatic heterocycles. The van der Waals surface area contributed by atoms with Crippen molar-refractivity contribution in [2.45, 2.75) is 52.1 Å². The summed E-state index contributed by atoms with van der Waals surface area (Å²) in [6.07, 6.45) is 1.35. The zero-order valence-electron chi connectivity index (χ0n) is 12.1. The third-order valence-electron chi connectivity index (χ3n) is 3.93. The second-order valence-corrected chi connectivity index (χ2v) is 8.52. The highest BCUT2D eigenvalue weighted by atomic mass is 32.2. The van der Waals surface area contributed by atoms with Gasteiger partial charge in [-0.25, -0.2) is 8.42 Å². The maximum atomic E-state index is 11.6. The lowest BCUT2D eigenvalue weighted by molar-refractivity contribution is 0.0409. The summed E-state index contributed by atoms with van der Waals surface area (Å²) >= 11 is 0. The first-order valence-electron chi connectivity index (χ1n) is 6.90. The molecule has 2 N–H and O–H groups in total. The largest absolute Gasteiger partial charge is 0.329 e. The van der Waals surface area contributed by atoms with E-state index in [-0.39, 0.29) is 17.0 Å². The van der Waals surface area contributed by atoms with E-state index < -0.39 is 9.84 Å². The molecule has 0 saturated carbocycles. The van der Waals surface area contributed by atoms with Crippen molar-refractivity contribution < 1.29 is 8.42 Å². The number of nitrogens with zero attached hydrogens (tertiary/aromatic N) is 1. The molecule has 0 spiro atoms. The SMILES string of the molecule is CC(C)CN(C(C)C)C1(CN)CCS(=O)(=O)CC1. The van der Waals surface area contributed by atoms with Crippen molar-refractivity contribution in [3.8, 4) is 0 Å². The Balaban J connectivity index is 2.91. The van der Waals surface area contributed by atoms with Crippen LogP contribution in [-0.4, -0.2) is 49.5 Å². The van der Waals surface area contributed by atoms with Gasteiger partial charge in [0.05, 0.1) is 11.5 Å². The molecule has 0 aromatic rings. The topological polar surface area (TPSA) is 63.4 Å². The van der Waals surface area contributed by atoms with Crippen molar-refractivity contribution in [2.75, 3.05) is 24.6 Å². The fourth-order valence-corrected chi connectivity index (χ4v) is 4.46. The van der Waals surface area contributed by atoms with Gasteiger partial charge in [-0.3, -0.25) is 4.90 Å². The Kier molecular flexibility index (Phi) is 5.21. The van der Waals surface area contributed by atoms with Crippen molar-refractivity contribution in [1.82, 2.24) is 4.90 Å². The Morgan fingerprint density at radius 3 is 2.00 bits per heavy atom. The van der Waals surface area contributed by atoms with E-state index in [9.17, 15) is 8.42 Å². The number of sulfone groups is 1. The average molecular weight is 276 g/mol. The summed E-state index contributed by atoms with van der Waals surface area (Å²) in [5.74, 6) is 1.13. The summed E-state index contributed by atoms with van der Waals surface area (Å²) < 4.78 is 23.2. The summed E-state index contributed by atoms with van der Waals surface area (Å²) in [4.78, 5) is 2.42. The van der Waals surface area contributed by atoms with Crippen LogP contribution < -0.4 is 5.73 Å². The van der Waals surface area contributed by atoms with Gasteiger partial charge in [0, 0.05) is 24.7 Å². The second kappa shape index (κ2) is 5.88. The van der Waals surface area contributed by atoms with Gasteiger partial charge in [-0.15, -0.1) is 0 Å². The molecule has 0 amide bonds. The van der Waals surface area contributed by atoms with Crippen LogP contribution in [0.1, 0.15) is 40.5 Å². The van der Waals surface area contributed by atoms with Crippen molar-refractivity contribution >= 4 is 9.84 Å². The summed E-state index contributed by atoms with van der Waals surface area (Å²) in [6.45, 7) is 10.3. The Morgan fingerprint density at radius 1 is 1.17 bits per heavy atom. The molecule has 0 aromatic heterocycles. The third kappa shape index (κ3) is 3.68. The van der Waals surface area contributed by atoms with Crippen LogP contribution in [0, 0.1) is 5.92 Å². The zero-order valence-corrected chi connectivity index (χ0v) is 13.0. The molecule has 1 saturated heterocycles. The third-order valence-corrected chi connectivity index (χ3v) is 5.58. The summed E-state index contributed by atoms with van der Waals surface area (Å²) in [5, 5.41) is 0. The average Bonchev–Trinajstić information content (AvgIpc) is 2.27. The summed E-state index contributed by atoms with van der Waals surface area (Å²) in [5.41, 5.74) is 5.88. The molecule has 0 atom stereocenters. The van der Waals surface area contributed by atoms with Gasteiger partial charge in [-0.05, 0) is 32.6 Å². The van der Waals surface area contributed by atoms with E-state index in [0.29, 0.717) is 31.3 Å². The van der Waals surface area contributed by atoms with Crippen LogP contribution >= 0.6 is 0 Å². The maximum absolute atomic E-state index is 11.6. The predicted molar refractivity (Wildman–Crippen MR) is 76.4 cm³/mol. The first kappa shape index (κ1) is 15.9. The molecular formula is C13H28N2O2S. The maximum Gasteiger partial charge on any atom is 0.150 e. The normalized spacial score (nSPS) is 22.9. The fraction of sp³-hybridized carbons (Fsp3) is 1.00. The first-order valence-corrected chi connectivity index (χ1v) is 8.72. The first-order chi connectivity index (χ1) is 8.22. The number of nitrogens with two attached hydrogens (primary N) is 1. The van der Waals surface area contributed by atoms with Gasteiger partial charge in [0.2, 0.25) is 0 Å². The molecule has 0 aromatic carbocycles. The highest BCUT2D eigenvalue weighted by molar-refractivity contribution is 7.91. The van der Waals surface area contributed by atoms with Crippen molar-refractivity contribution in [2.24, 2.45) is 11.7 Å². The molecule has 18 heavy (non-hydrogen) atoms. The standard InChI is InChI=1S/C13H28N2O2S/c1-11(2)9-15(12(3)4)13(10-14)5-7-18(16,17)8-6-13/h11-12H,5-10,14H2,1-4H3. The smallest absolute Gasteiger partial charge is 0.150 e. The highest BCUT2D eigenvalue weighted by Gasteiger charge is 2.41. The van der Waals surface area contributed by atoms with Crippen molar-refractivity contribution in [1.29, 1.82) is 0 Å². The monoisotopic (exact) mass is 276 g/mol. The van der Waals surface area contributed by atoms with Crippen LogP contribution in [0.25, 0.3) is 0 Å². The molecule has 0 radical (unpaired) electrons. The molecular weight excluding hydrogens is 248 g/mol. The van der Waals surface area contributed by atoms with Crippen LogP contribution in [-0.2, 0) is 9.84 Å². The van der Waals surface area contributed by atoms with E-state index in [0.717, 1.165) is 6.54 Å². The van der Waals surface area contributed by atoms with Gasteiger partial charge in [-0.1, -0.05) is 13.8 Å². The van der Waals surface area contributed by atoms with Gasteiger partial charge in [-0.2, -0.15) is 0 Å². The predicted octanol–water partition coefficient (Wildman–Crippen LogP) is 1.26. The minimum atomic E-state index is -2.83. The van der Waals surface area contributed by atoms with Crippen LogP contribution in [0.3, 0.4) is 0 Å². The molecule has 1 aliphatic rings. The quantitative estimate of drug-likeness (QED) is 0.821. The van der Waals surface area contributed by atoms with Crippen LogP contribution in [0.5, 0.6) is 0 Å². The van der Waals surface area contributed by atoms with Crippen LogP contribution in [0.2, 0.25) is 0 Å². The lowest BCUT2D eigenvalue weighted by Gasteiger charge is -2.48. The molecule has 4 nitrogen and oxygen atoms in total. The van der Waals surface area contributed by atoms with Gasteiger partial charge in [0.25, 0.3) is 0 Å². The number of hydrogen-bond acceptors (Lipinski definition) is 4. The van der Waals surface area contributed by atoms with Crippen LogP contribution in [0.4, 0.5) is 0 Å². The van der Waals surface area contributed by atoms with Gasteiger partial charge >= 0.3 is 0 Å². The molecule has 0 unspecified atom stereocenters. The van der Waals surface area contributed by atoms with Gasteiger partial charge in [0.1, 0.15) is 9.84 Å². The number of hydrogen-bond donors (Lipinski definition) is 1.